The lowest BCUT2D eigenvalue weighted by atomic mass is 9.98. The Hall–Kier alpha value is -2.80. The van der Waals surface area contributed by atoms with Gasteiger partial charge in [0.05, 0.1) is 20.1 Å². The summed E-state index contributed by atoms with van der Waals surface area (Å²) in [7, 11) is 1.39. The summed E-state index contributed by atoms with van der Waals surface area (Å²) >= 11 is 0. The first kappa shape index (κ1) is 18.5. The molecule has 2 rings (SSSR count). The molecule has 25 heavy (non-hydrogen) atoms. The van der Waals surface area contributed by atoms with Crippen LogP contribution in [0.5, 0.6) is 0 Å². The van der Waals surface area contributed by atoms with Crippen molar-refractivity contribution in [2.24, 2.45) is 0 Å². The first-order chi connectivity index (χ1) is 11.9. The van der Waals surface area contributed by atoms with Gasteiger partial charge in [0.1, 0.15) is 5.82 Å². The van der Waals surface area contributed by atoms with Crippen molar-refractivity contribution in [3.63, 3.8) is 0 Å². The van der Waals surface area contributed by atoms with E-state index in [1.807, 2.05) is 26.0 Å². The van der Waals surface area contributed by atoms with Crippen molar-refractivity contribution >= 4 is 11.7 Å². The van der Waals surface area contributed by atoms with Crippen LogP contribution in [0.3, 0.4) is 0 Å². The molecule has 4 heteroatoms. The van der Waals surface area contributed by atoms with Crippen LogP contribution in [0, 0.1) is 32.0 Å². The number of hydrogen-bond donors (Lipinski definition) is 0. The van der Waals surface area contributed by atoms with Gasteiger partial charge in [-0.25, -0.2) is 4.39 Å². The number of aryl methyl sites for hydroxylation is 2. The molecule has 0 amide bonds. The van der Waals surface area contributed by atoms with Gasteiger partial charge in [0.2, 0.25) is 0 Å². The largest absolute Gasteiger partial charge is 0.469 e. The van der Waals surface area contributed by atoms with Crippen molar-refractivity contribution in [3.05, 3.63) is 64.5 Å². The first-order valence-electron chi connectivity index (χ1n) is 8.04. The number of rotatable bonds is 6. The number of terminal acetylenes is 1. The maximum atomic E-state index is 13.1. The molecule has 3 nitrogen and oxygen atoms in total. The normalized spacial score (nSPS) is 10.2. The van der Waals surface area contributed by atoms with Gasteiger partial charge in [-0.05, 0) is 60.4 Å². The Morgan fingerprint density at radius 3 is 2.32 bits per heavy atom. The van der Waals surface area contributed by atoms with Crippen molar-refractivity contribution in [2.75, 3.05) is 18.6 Å². The van der Waals surface area contributed by atoms with E-state index in [2.05, 4.69) is 10.8 Å². The number of carbonyl (C=O) groups excluding carboxylic acids is 1. The lowest BCUT2D eigenvalue weighted by Crippen LogP contribution is -2.23. The molecule has 0 aliphatic carbocycles. The summed E-state index contributed by atoms with van der Waals surface area (Å²) in [4.78, 5) is 13.6. The van der Waals surface area contributed by atoms with E-state index in [0.29, 0.717) is 13.1 Å². The highest BCUT2D eigenvalue weighted by molar-refractivity contribution is 5.74. The standard InChI is InChI=1S/C21H22FNO2/c1-5-10-23(14-17-6-8-18(22)9-7-17)19-11-15(2)20(16(3)12-19)13-21(24)25-4/h1,6-9,11-12H,10,13-14H2,2-4H3. The van der Waals surface area contributed by atoms with Crippen molar-refractivity contribution in [1.29, 1.82) is 0 Å². The number of nitrogens with zero attached hydrogens (tertiary/aromatic N) is 1. The molecule has 0 atom stereocenters. The summed E-state index contributed by atoms with van der Waals surface area (Å²) in [6.45, 7) is 4.97. The van der Waals surface area contributed by atoms with Crippen molar-refractivity contribution in [1.82, 2.24) is 0 Å². The number of hydrogen-bond acceptors (Lipinski definition) is 3. The Bertz CT molecular complexity index is 768. The topological polar surface area (TPSA) is 29.5 Å². The minimum Gasteiger partial charge on any atom is -0.469 e. The van der Waals surface area contributed by atoms with E-state index in [-0.39, 0.29) is 18.2 Å². The van der Waals surface area contributed by atoms with Crippen LogP contribution in [-0.4, -0.2) is 19.6 Å². The maximum absolute atomic E-state index is 13.1. The van der Waals surface area contributed by atoms with Crippen LogP contribution in [0.4, 0.5) is 10.1 Å². The highest BCUT2D eigenvalue weighted by Gasteiger charge is 2.13. The number of benzene rings is 2. The van der Waals surface area contributed by atoms with E-state index in [1.165, 1.54) is 19.2 Å². The Morgan fingerprint density at radius 1 is 1.20 bits per heavy atom. The molecule has 0 saturated heterocycles. The lowest BCUT2D eigenvalue weighted by molar-refractivity contribution is -0.139. The van der Waals surface area contributed by atoms with Gasteiger partial charge >= 0.3 is 5.97 Å². The fourth-order valence-corrected chi connectivity index (χ4v) is 2.81. The van der Waals surface area contributed by atoms with Crippen LogP contribution in [-0.2, 0) is 22.5 Å². The van der Waals surface area contributed by atoms with Crippen LogP contribution in [0.2, 0.25) is 0 Å². The average molecular weight is 339 g/mol. The fourth-order valence-electron chi connectivity index (χ4n) is 2.81. The zero-order chi connectivity index (χ0) is 18.4. The number of carbonyl (C=O) groups is 1. The highest BCUT2D eigenvalue weighted by atomic mass is 19.1. The van der Waals surface area contributed by atoms with Crippen molar-refractivity contribution in [2.45, 2.75) is 26.8 Å². The van der Waals surface area contributed by atoms with Crippen LogP contribution in [0.15, 0.2) is 36.4 Å². The molecule has 0 radical (unpaired) electrons. The summed E-state index contributed by atoms with van der Waals surface area (Å²) in [5.74, 6) is 2.15. The Morgan fingerprint density at radius 2 is 1.80 bits per heavy atom. The second kappa shape index (κ2) is 8.34. The Balaban J connectivity index is 2.30. The zero-order valence-corrected chi connectivity index (χ0v) is 14.8. The molecule has 0 aliphatic heterocycles. The predicted molar refractivity (Wildman–Crippen MR) is 97.9 cm³/mol. The molecule has 2 aromatic rings. The van der Waals surface area contributed by atoms with Gasteiger partial charge < -0.3 is 9.64 Å². The van der Waals surface area contributed by atoms with E-state index in [1.54, 1.807) is 12.1 Å². The summed E-state index contributed by atoms with van der Waals surface area (Å²) in [6.07, 6.45) is 5.77. The second-order valence-electron chi connectivity index (χ2n) is 6.00. The summed E-state index contributed by atoms with van der Waals surface area (Å²) in [5, 5.41) is 0. The van der Waals surface area contributed by atoms with E-state index < -0.39 is 0 Å². The molecule has 2 aromatic carbocycles. The van der Waals surface area contributed by atoms with Gasteiger partial charge in [0.15, 0.2) is 0 Å². The lowest BCUT2D eigenvalue weighted by Gasteiger charge is -2.25. The Labute approximate surface area is 148 Å². The highest BCUT2D eigenvalue weighted by Crippen LogP contribution is 2.25. The average Bonchev–Trinajstić information content (AvgIpc) is 2.59. The third kappa shape index (κ3) is 4.84. The molecule has 0 fully saturated rings. The van der Waals surface area contributed by atoms with Crippen molar-refractivity contribution < 1.29 is 13.9 Å². The van der Waals surface area contributed by atoms with E-state index >= 15 is 0 Å². The minimum atomic E-state index is -0.259. The fraction of sp³-hybridized carbons (Fsp3) is 0.286. The molecule has 0 unspecified atom stereocenters. The third-order valence-corrected chi connectivity index (χ3v) is 4.16. The van der Waals surface area contributed by atoms with Gasteiger partial charge in [-0.1, -0.05) is 18.1 Å². The van der Waals surface area contributed by atoms with E-state index in [4.69, 9.17) is 11.2 Å². The SMILES string of the molecule is C#CCN(Cc1ccc(F)cc1)c1cc(C)c(CC(=O)OC)c(C)c1. The summed E-state index contributed by atoms with van der Waals surface area (Å²) in [6, 6.07) is 10.4. The van der Waals surface area contributed by atoms with Crippen LogP contribution in [0.1, 0.15) is 22.3 Å². The minimum absolute atomic E-state index is 0.252. The maximum Gasteiger partial charge on any atom is 0.309 e. The summed E-state index contributed by atoms with van der Waals surface area (Å²) < 4.78 is 17.9. The molecule has 0 bridgehead atoms. The number of halogens is 1. The quantitative estimate of drug-likeness (QED) is 0.592. The molecule has 0 aromatic heterocycles. The van der Waals surface area contributed by atoms with Gasteiger partial charge in [0.25, 0.3) is 0 Å². The Kier molecular flexibility index (Phi) is 6.19. The van der Waals surface area contributed by atoms with E-state index in [9.17, 15) is 9.18 Å². The van der Waals surface area contributed by atoms with Gasteiger partial charge in [-0.2, -0.15) is 0 Å². The number of ether oxygens (including phenoxy) is 1. The monoisotopic (exact) mass is 339 g/mol. The van der Waals surface area contributed by atoms with Gasteiger partial charge in [-0.15, -0.1) is 6.42 Å². The number of methoxy groups -OCH3 is 1. The molecular formula is C21H22FNO2. The summed E-state index contributed by atoms with van der Waals surface area (Å²) in [5.41, 5.74) is 4.96. The van der Waals surface area contributed by atoms with E-state index in [0.717, 1.165) is 27.9 Å². The van der Waals surface area contributed by atoms with Gasteiger partial charge in [-0.3, -0.25) is 4.79 Å². The molecule has 0 N–H and O–H groups in total. The van der Waals surface area contributed by atoms with Gasteiger partial charge in [0, 0.05) is 12.2 Å². The van der Waals surface area contributed by atoms with Crippen LogP contribution < -0.4 is 4.90 Å². The molecule has 0 heterocycles. The molecule has 0 spiro atoms. The third-order valence-electron chi connectivity index (χ3n) is 4.16. The van der Waals surface area contributed by atoms with Crippen LogP contribution in [0.25, 0.3) is 0 Å². The molecule has 0 aliphatic rings. The second-order valence-corrected chi connectivity index (χ2v) is 6.00. The predicted octanol–water partition coefficient (Wildman–Crippen LogP) is 3.80. The molecular weight excluding hydrogens is 317 g/mol. The zero-order valence-electron chi connectivity index (χ0n) is 14.8. The number of anilines is 1. The number of esters is 1. The molecule has 130 valence electrons. The first-order valence-corrected chi connectivity index (χ1v) is 8.04. The smallest absolute Gasteiger partial charge is 0.309 e. The molecule has 0 saturated carbocycles. The van der Waals surface area contributed by atoms with Crippen LogP contribution >= 0.6 is 0 Å². The van der Waals surface area contributed by atoms with Crippen molar-refractivity contribution in [3.8, 4) is 12.3 Å².